The van der Waals surface area contributed by atoms with Gasteiger partial charge in [-0.1, -0.05) is 71.9 Å². The van der Waals surface area contributed by atoms with Crippen molar-refractivity contribution in [2.45, 2.75) is 77.6 Å². The highest BCUT2D eigenvalue weighted by atomic mass is 16.2. The molecule has 1 N–H and O–H groups in total. The maximum atomic E-state index is 12.2. The summed E-state index contributed by atoms with van der Waals surface area (Å²) in [4.78, 5) is 12.2. The third-order valence-electron chi connectivity index (χ3n) is 4.46. The second kappa shape index (κ2) is 6.64. The van der Waals surface area contributed by atoms with E-state index in [1.54, 1.807) is 0 Å². The van der Waals surface area contributed by atoms with E-state index < -0.39 is 0 Å². The molecule has 1 aliphatic heterocycles. The van der Waals surface area contributed by atoms with E-state index >= 15 is 0 Å². The SMILES string of the molecule is CCCCCCCC1C(=O)Nc2ccc(C(C)(C)C)cc21. The maximum absolute atomic E-state index is 12.2. The molecule has 0 fully saturated rings. The van der Waals surface area contributed by atoms with Crippen LogP contribution in [0.25, 0.3) is 0 Å². The molecule has 116 valence electrons. The van der Waals surface area contributed by atoms with Gasteiger partial charge in [0.05, 0.1) is 5.92 Å². The standard InChI is InChI=1S/C19H29NO/c1-5-6-7-8-9-10-15-16-13-14(19(2,3)4)11-12-17(16)20-18(15)21/h11-13,15H,5-10H2,1-4H3,(H,20,21). The first-order chi connectivity index (χ1) is 9.93. The molecule has 1 unspecified atom stereocenters. The Hall–Kier alpha value is -1.31. The summed E-state index contributed by atoms with van der Waals surface area (Å²) in [7, 11) is 0. The third kappa shape index (κ3) is 3.87. The highest BCUT2D eigenvalue weighted by molar-refractivity contribution is 6.02. The number of hydrogen-bond donors (Lipinski definition) is 1. The van der Waals surface area contributed by atoms with E-state index in [9.17, 15) is 4.79 Å². The number of carbonyl (C=O) groups is 1. The van der Waals surface area contributed by atoms with Crippen molar-refractivity contribution in [1.29, 1.82) is 0 Å². The predicted molar refractivity (Wildman–Crippen MR) is 89.9 cm³/mol. The van der Waals surface area contributed by atoms with Crippen LogP contribution in [-0.4, -0.2) is 5.91 Å². The minimum absolute atomic E-state index is 0.0592. The average molecular weight is 287 g/mol. The van der Waals surface area contributed by atoms with Crippen molar-refractivity contribution >= 4 is 11.6 Å². The number of anilines is 1. The van der Waals surface area contributed by atoms with Crippen molar-refractivity contribution < 1.29 is 4.79 Å². The van der Waals surface area contributed by atoms with Gasteiger partial charge in [0.15, 0.2) is 0 Å². The Bertz CT molecular complexity index is 499. The van der Waals surface area contributed by atoms with Crippen molar-refractivity contribution in [1.82, 2.24) is 0 Å². The van der Waals surface area contributed by atoms with Crippen LogP contribution >= 0.6 is 0 Å². The van der Waals surface area contributed by atoms with Gasteiger partial charge in [0, 0.05) is 5.69 Å². The van der Waals surface area contributed by atoms with Gasteiger partial charge in [0.1, 0.15) is 0 Å². The summed E-state index contributed by atoms with van der Waals surface area (Å²) in [5.41, 5.74) is 3.68. The fourth-order valence-electron chi connectivity index (χ4n) is 3.03. The number of carbonyl (C=O) groups excluding carboxylic acids is 1. The van der Waals surface area contributed by atoms with Crippen LogP contribution in [-0.2, 0) is 10.2 Å². The molecule has 0 saturated heterocycles. The van der Waals surface area contributed by atoms with Crippen LogP contribution in [0.4, 0.5) is 5.69 Å². The summed E-state index contributed by atoms with van der Waals surface area (Å²) < 4.78 is 0. The topological polar surface area (TPSA) is 29.1 Å². The highest BCUT2D eigenvalue weighted by Gasteiger charge is 2.31. The van der Waals surface area contributed by atoms with Gasteiger partial charge in [0.2, 0.25) is 5.91 Å². The second-order valence-corrected chi connectivity index (χ2v) is 7.30. The fraction of sp³-hybridized carbons (Fsp3) is 0.632. The number of hydrogen-bond acceptors (Lipinski definition) is 1. The molecule has 0 bridgehead atoms. The second-order valence-electron chi connectivity index (χ2n) is 7.30. The molecular formula is C19H29NO. The Kier molecular flexibility index (Phi) is 5.08. The van der Waals surface area contributed by atoms with Crippen LogP contribution < -0.4 is 5.32 Å². The van der Waals surface area contributed by atoms with Gasteiger partial charge in [-0.3, -0.25) is 4.79 Å². The molecular weight excluding hydrogens is 258 g/mol. The molecule has 0 saturated carbocycles. The van der Waals surface area contributed by atoms with E-state index in [0.717, 1.165) is 18.5 Å². The molecule has 0 radical (unpaired) electrons. The zero-order chi connectivity index (χ0) is 15.5. The number of unbranched alkanes of at least 4 members (excludes halogenated alkanes) is 4. The minimum atomic E-state index is 0.0592. The highest BCUT2D eigenvalue weighted by Crippen LogP contribution is 2.38. The van der Waals surface area contributed by atoms with Crippen molar-refractivity contribution in [3.05, 3.63) is 29.3 Å². The summed E-state index contributed by atoms with van der Waals surface area (Å²) in [5, 5.41) is 3.04. The van der Waals surface area contributed by atoms with Crippen LogP contribution in [0, 0.1) is 0 Å². The lowest BCUT2D eigenvalue weighted by atomic mass is 9.84. The molecule has 1 aliphatic rings. The number of rotatable bonds is 6. The predicted octanol–water partition coefficient (Wildman–Crippen LogP) is 5.38. The van der Waals surface area contributed by atoms with E-state index in [2.05, 4.69) is 51.2 Å². The van der Waals surface area contributed by atoms with Gasteiger partial charge in [-0.05, 0) is 29.0 Å². The van der Waals surface area contributed by atoms with Crippen LogP contribution in [0.3, 0.4) is 0 Å². The van der Waals surface area contributed by atoms with Gasteiger partial charge in [-0.15, -0.1) is 0 Å². The smallest absolute Gasteiger partial charge is 0.232 e. The van der Waals surface area contributed by atoms with Crippen LogP contribution in [0.2, 0.25) is 0 Å². The number of amides is 1. The van der Waals surface area contributed by atoms with E-state index in [4.69, 9.17) is 0 Å². The van der Waals surface area contributed by atoms with Gasteiger partial charge in [-0.2, -0.15) is 0 Å². The summed E-state index contributed by atoms with van der Waals surface area (Å²) in [5.74, 6) is 0.246. The lowest BCUT2D eigenvalue weighted by Gasteiger charge is -2.20. The molecule has 21 heavy (non-hydrogen) atoms. The Morgan fingerprint density at radius 2 is 1.81 bits per heavy atom. The number of fused-ring (bicyclic) bond motifs is 1. The summed E-state index contributed by atoms with van der Waals surface area (Å²) in [6.07, 6.45) is 7.24. The molecule has 0 aliphatic carbocycles. The molecule has 1 heterocycles. The van der Waals surface area contributed by atoms with Gasteiger partial charge in [-0.25, -0.2) is 0 Å². The average Bonchev–Trinajstić information content (AvgIpc) is 2.73. The minimum Gasteiger partial charge on any atom is -0.325 e. The zero-order valence-corrected chi connectivity index (χ0v) is 14.0. The lowest BCUT2D eigenvalue weighted by Crippen LogP contribution is -2.13. The monoisotopic (exact) mass is 287 g/mol. The molecule has 0 aromatic heterocycles. The van der Waals surface area contributed by atoms with Crippen LogP contribution in [0.1, 0.15) is 83.3 Å². The summed E-state index contributed by atoms with van der Waals surface area (Å²) >= 11 is 0. The van der Waals surface area contributed by atoms with Crippen molar-refractivity contribution in [2.75, 3.05) is 5.32 Å². The Morgan fingerprint density at radius 1 is 1.10 bits per heavy atom. The molecule has 1 aromatic rings. The maximum Gasteiger partial charge on any atom is 0.232 e. The Morgan fingerprint density at radius 3 is 2.48 bits per heavy atom. The van der Waals surface area contributed by atoms with Gasteiger partial charge in [0.25, 0.3) is 0 Å². The Labute approximate surface area is 129 Å². The normalized spacial score (nSPS) is 17.7. The summed E-state index contributed by atoms with van der Waals surface area (Å²) in [6, 6.07) is 6.46. The van der Waals surface area contributed by atoms with Crippen molar-refractivity contribution in [3.8, 4) is 0 Å². The number of benzene rings is 1. The first-order valence-electron chi connectivity index (χ1n) is 8.38. The van der Waals surface area contributed by atoms with E-state index in [0.29, 0.717) is 0 Å². The first kappa shape index (κ1) is 16.1. The fourth-order valence-corrected chi connectivity index (χ4v) is 3.03. The lowest BCUT2D eigenvalue weighted by molar-refractivity contribution is -0.117. The van der Waals surface area contributed by atoms with Crippen LogP contribution in [0.15, 0.2) is 18.2 Å². The van der Waals surface area contributed by atoms with Crippen LogP contribution in [0.5, 0.6) is 0 Å². The molecule has 1 amide bonds. The summed E-state index contributed by atoms with van der Waals surface area (Å²) in [6.45, 7) is 8.89. The van der Waals surface area contributed by atoms with Gasteiger partial charge >= 0.3 is 0 Å². The van der Waals surface area contributed by atoms with E-state index in [-0.39, 0.29) is 17.2 Å². The quantitative estimate of drug-likeness (QED) is 0.699. The van der Waals surface area contributed by atoms with Gasteiger partial charge < -0.3 is 5.32 Å². The van der Waals surface area contributed by atoms with Crippen molar-refractivity contribution in [3.63, 3.8) is 0 Å². The molecule has 1 atom stereocenters. The molecule has 2 rings (SSSR count). The molecule has 0 spiro atoms. The van der Waals surface area contributed by atoms with Crippen molar-refractivity contribution in [2.24, 2.45) is 0 Å². The largest absolute Gasteiger partial charge is 0.325 e. The molecule has 2 nitrogen and oxygen atoms in total. The van der Waals surface area contributed by atoms with E-state index in [1.807, 2.05) is 0 Å². The number of nitrogens with one attached hydrogen (secondary N) is 1. The van der Waals surface area contributed by atoms with E-state index in [1.165, 1.54) is 36.8 Å². The third-order valence-corrected chi connectivity index (χ3v) is 4.46. The molecule has 2 heteroatoms. The first-order valence-corrected chi connectivity index (χ1v) is 8.38. The molecule has 1 aromatic carbocycles. The zero-order valence-electron chi connectivity index (χ0n) is 14.0. The Balaban J connectivity index is 2.06.